The summed E-state index contributed by atoms with van der Waals surface area (Å²) >= 11 is 0. The smallest absolute Gasteiger partial charge is 0.504 e. The third kappa shape index (κ3) is 3.06. The van der Waals surface area contributed by atoms with Crippen molar-refractivity contribution >= 4 is 7.82 Å². The van der Waals surface area contributed by atoms with Crippen molar-refractivity contribution < 1.29 is 24.0 Å². The molecule has 0 bridgehead atoms. The molecule has 0 aromatic heterocycles. The fourth-order valence-corrected chi connectivity index (χ4v) is 1.24. The molecule has 0 atom stereocenters. The second-order valence-corrected chi connectivity index (χ2v) is 3.72. The van der Waals surface area contributed by atoms with Gasteiger partial charge in [-0.1, -0.05) is 6.07 Å². The van der Waals surface area contributed by atoms with E-state index in [1.54, 1.807) is 13.0 Å². The molecule has 0 fully saturated rings. The molecule has 0 aliphatic carbocycles. The van der Waals surface area contributed by atoms with E-state index < -0.39 is 7.82 Å². The first-order valence-corrected chi connectivity index (χ1v) is 4.96. The number of phosphoric acid groups is 1. The second kappa shape index (κ2) is 3.38. The van der Waals surface area contributed by atoms with E-state index >= 15 is 0 Å². The van der Waals surface area contributed by atoms with Gasteiger partial charge in [0.2, 0.25) is 0 Å². The van der Waals surface area contributed by atoms with Crippen molar-refractivity contribution in [3.8, 4) is 11.5 Å². The maximum atomic E-state index is 10.4. The highest BCUT2D eigenvalue weighted by Crippen LogP contribution is 2.41. The van der Waals surface area contributed by atoms with E-state index in [4.69, 9.17) is 9.79 Å². The molecular formula is C7H9O5P. The van der Waals surface area contributed by atoms with Gasteiger partial charge in [0.1, 0.15) is 0 Å². The Morgan fingerprint density at radius 3 is 2.46 bits per heavy atom. The quantitative estimate of drug-likeness (QED) is 0.629. The molecule has 0 saturated heterocycles. The Balaban J connectivity index is 2.97. The summed E-state index contributed by atoms with van der Waals surface area (Å²) in [5.41, 5.74) is 0.774. The van der Waals surface area contributed by atoms with E-state index in [9.17, 15) is 9.67 Å². The number of aromatic hydroxyl groups is 1. The normalized spacial score (nSPS) is 11.3. The van der Waals surface area contributed by atoms with Crippen molar-refractivity contribution in [2.24, 2.45) is 0 Å². The molecule has 0 spiro atoms. The van der Waals surface area contributed by atoms with Crippen LogP contribution in [0.25, 0.3) is 0 Å². The molecule has 1 rings (SSSR count). The number of phosphoric ester groups is 1. The minimum absolute atomic E-state index is 0.223. The minimum Gasteiger partial charge on any atom is -0.504 e. The average molecular weight is 204 g/mol. The lowest BCUT2D eigenvalue weighted by Gasteiger charge is -2.08. The third-order valence-corrected chi connectivity index (χ3v) is 1.77. The van der Waals surface area contributed by atoms with Crippen LogP contribution in [0.1, 0.15) is 5.56 Å². The maximum Gasteiger partial charge on any atom is 0.524 e. The zero-order valence-corrected chi connectivity index (χ0v) is 7.73. The molecule has 0 heterocycles. The van der Waals surface area contributed by atoms with Crippen LogP contribution in [0, 0.1) is 6.92 Å². The van der Waals surface area contributed by atoms with Gasteiger partial charge in [0.05, 0.1) is 0 Å². The molecule has 0 aliphatic rings. The Kier molecular flexibility index (Phi) is 2.61. The molecule has 3 N–H and O–H groups in total. The zero-order chi connectivity index (χ0) is 10.1. The minimum atomic E-state index is -4.59. The van der Waals surface area contributed by atoms with Gasteiger partial charge in [-0.2, -0.15) is 0 Å². The van der Waals surface area contributed by atoms with Gasteiger partial charge in [-0.25, -0.2) is 4.57 Å². The van der Waals surface area contributed by atoms with Crippen LogP contribution in [0.5, 0.6) is 11.5 Å². The molecule has 13 heavy (non-hydrogen) atoms. The molecule has 1 aromatic rings. The fraction of sp³-hybridized carbons (Fsp3) is 0.143. The van der Waals surface area contributed by atoms with E-state index in [2.05, 4.69) is 4.52 Å². The molecule has 0 aliphatic heterocycles. The van der Waals surface area contributed by atoms with Crippen LogP contribution < -0.4 is 4.52 Å². The first kappa shape index (κ1) is 10.1. The van der Waals surface area contributed by atoms with Gasteiger partial charge in [-0.15, -0.1) is 0 Å². The van der Waals surface area contributed by atoms with Gasteiger partial charge in [0.25, 0.3) is 0 Å². The number of phenols is 1. The Labute approximate surface area is 74.8 Å². The van der Waals surface area contributed by atoms with Crippen molar-refractivity contribution in [2.45, 2.75) is 6.92 Å². The number of phenolic OH excluding ortho intramolecular Hbond substituents is 1. The second-order valence-electron chi connectivity index (χ2n) is 2.55. The first-order chi connectivity index (χ1) is 5.88. The Morgan fingerprint density at radius 1 is 1.38 bits per heavy atom. The van der Waals surface area contributed by atoms with Crippen LogP contribution in [0.3, 0.4) is 0 Å². The monoisotopic (exact) mass is 204 g/mol. The molecule has 72 valence electrons. The topological polar surface area (TPSA) is 87.0 Å². The lowest BCUT2D eigenvalue weighted by atomic mass is 10.2. The summed E-state index contributed by atoms with van der Waals surface area (Å²) in [5.74, 6) is -0.512. The fourth-order valence-electron chi connectivity index (χ4n) is 0.833. The third-order valence-electron chi connectivity index (χ3n) is 1.33. The molecule has 1 aromatic carbocycles. The predicted octanol–water partition coefficient (Wildman–Crippen LogP) is 1.17. The SMILES string of the molecule is Cc1ccc(OP(=O)(O)O)c(O)c1. The van der Waals surface area contributed by atoms with E-state index in [0.29, 0.717) is 0 Å². The predicted molar refractivity (Wildman–Crippen MR) is 45.5 cm³/mol. The van der Waals surface area contributed by atoms with E-state index in [0.717, 1.165) is 5.56 Å². The summed E-state index contributed by atoms with van der Waals surface area (Å²) in [6.07, 6.45) is 0. The number of aryl methyl sites for hydroxylation is 1. The van der Waals surface area contributed by atoms with Crippen LogP contribution in [0.15, 0.2) is 18.2 Å². The highest BCUT2D eigenvalue weighted by molar-refractivity contribution is 7.46. The standard InChI is InChI=1S/C7H9O5P/c1-5-2-3-7(6(8)4-5)12-13(9,10)11/h2-4,8H,1H3,(H2,9,10,11). The molecule has 0 radical (unpaired) electrons. The Bertz CT molecular complexity index is 356. The van der Waals surface area contributed by atoms with Gasteiger partial charge in [0.15, 0.2) is 11.5 Å². The number of rotatable bonds is 2. The van der Waals surface area contributed by atoms with Crippen LogP contribution in [-0.4, -0.2) is 14.9 Å². The molecule has 0 amide bonds. The number of hydrogen-bond donors (Lipinski definition) is 3. The summed E-state index contributed by atoms with van der Waals surface area (Å²) < 4.78 is 14.6. The van der Waals surface area contributed by atoms with Gasteiger partial charge >= 0.3 is 7.82 Å². The Morgan fingerprint density at radius 2 is 2.00 bits per heavy atom. The average Bonchev–Trinajstić information content (AvgIpc) is 1.93. The molecule has 0 unspecified atom stereocenters. The first-order valence-electron chi connectivity index (χ1n) is 3.43. The summed E-state index contributed by atoms with van der Waals surface area (Å²) in [5, 5.41) is 9.19. The molecule has 0 saturated carbocycles. The van der Waals surface area contributed by atoms with Crippen molar-refractivity contribution in [1.29, 1.82) is 0 Å². The molecular weight excluding hydrogens is 195 g/mol. The highest BCUT2D eigenvalue weighted by Gasteiger charge is 2.17. The van der Waals surface area contributed by atoms with Gasteiger partial charge in [0, 0.05) is 0 Å². The lowest BCUT2D eigenvalue weighted by molar-refractivity contribution is 0.278. The summed E-state index contributed by atoms with van der Waals surface area (Å²) in [7, 11) is -4.59. The summed E-state index contributed by atoms with van der Waals surface area (Å²) in [4.78, 5) is 16.9. The molecule has 5 nitrogen and oxygen atoms in total. The van der Waals surface area contributed by atoms with Crippen LogP contribution in [0.4, 0.5) is 0 Å². The van der Waals surface area contributed by atoms with Gasteiger partial charge < -0.3 is 9.63 Å². The zero-order valence-electron chi connectivity index (χ0n) is 6.84. The van der Waals surface area contributed by atoms with Crippen molar-refractivity contribution in [3.63, 3.8) is 0 Å². The summed E-state index contributed by atoms with van der Waals surface area (Å²) in [6, 6.07) is 4.22. The summed E-state index contributed by atoms with van der Waals surface area (Å²) in [6.45, 7) is 1.74. The van der Waals surface area contributed by atoms with Crippen LogP contribution >= 0.6 is 7.82 Å². The van der Waals surface area contributed by atoms with Crippen molar-refractivity contribution in [1.82, 2.24) is 0 Å². The van der Waals surface area contributed by atoms with Gasteiger partial charge in [-0.3, -0.25) is 9.79 Å². The number of hydrogen-bond acceptors (Lipinski definition) is 3. The van der Waals surface area contributed by atoms with Gasteiger partial charge in [-0.05, 0) is 24.6 Å². The Hall–Kier alpha value is -1.03. The largest absolute Gasteiger partial charge is 0.524 e. The van der Waals surface area contributed by atoms with E-state index in [-0.39, 0.29) is 11.5 Å². The van der Waals surface area contributed by atoms with Crippen LogP contribution in [-0.2, 0) is 4.57 Å². The lowest BCUT2D eigenvalue weighted by Crippen LogP contribution is -1.90. The van der Waals surface area contributed by atoms with E-state index in [1.165, 1.54) is 12.1 Å². The van der Waals surface area contributed by atoms with Crippen molar-refractivity contribution in [2.75, 3.05) is 0 Å². The van der Waals surface area contributed by atoms with Crippen LogP contribution in [0.2, 0.25) is 0 Å². The number of benzene rings is 1. The van der Waals surface area contributed by atoms with Crippen molar-refractivity contribution in [3.05, 3.63) is 23.8 Å². The molecule has 6 heteroatoms. The maximum absolute atomic E-state index is 10.4. The highest BCUT2D eigenvalue weighted by atomic mass is 31.2. The van der Waals surface area contributed by atoms with E-state index in [1.807, 2.05) is 0 Å².